The predicted molar refractivity (Wildman–Crippen MR) is 85.4 cm³/mol. The van der Waals surface area contributed by atoms with Crippen molar-refractivity contribution < 1.29 is 12.8 Å². The van der Waals surface area contributed by atoms with E-state index in [1.54, 1.807) is 18.2 Å². The molecule has 0 radical (unpaired) electrons. The fraction of sp³-hybridized carbons (Fsp3) is 0.200. The Morgan fingerprint density at radius 1 is 1.10 bits per heavy atom. The average Bonchev–Trinajstić information content (AvgIpc) is 2.43. The number of rotatable bonds is 4. The van der Waals surface area contributed by atoms with Gasteiger partial charge in [0.1, 0.15) is 5.82 Å². The van der Waals surface area contributed by atoms with Crippen LogP contribution in [-0.2, 0) is 10.0 Å². The summed E-state index contributed by atoms with van der Waals surface area (Å²) in [5.41, 5.74) is 0.950. The van der Waals surface area contributed by atoms with Crippen LogP contribution in [0.4, 0.5) is 10.1 Å². The summed E-state index contributed by atoms with van der Waals surface area (Å²) >= 11 is 3.14. The second kappa shape index (κ2) is 6.15. The van der Waals surface area contributed by atoms with Gasteiger partial charge >= 0.3 is 0 Å². The largest absolute Gasteiger partial charge is 0.275 e. The second-order valence-corrected chi connectivity index (χ2v) is 7.46. The molecule has 21 heavy (non-hydrogen) atoms. The smallest absolute Gasteiger partial charge is 0.262 e. The molecule has 112 valence electrons. The Morgan fingerprint density at radius 3 is 2.24 bits per heavy atom. The number of para-hydroxylation sites is 1. The van der Waals surface area contributed by atoms with E-state index < -0.39 is 15.8 Å². The van der Waals surface area contributed by atoms with Crippen LogP contribution >= 0.6 is 15.9 Å². The van der Waals surface area contributed by atoms with Crippen LogP contribution in [0.5, 0.6) is 0 Å². The monoisotopic (exact) mass is 371 g/mol. The van der Waals surface area contributed by atoms with Gasteiger partial charge in [-0.1, -0.05) is 32.0 Å². The maximum Gasteiger partial charge on any atom is 0.262 e. The number of anilines is 1. The lowest BCUT2D eigenvalue weighted by Crippen LogP contribution is -2.14. The van der Waals surface area contributed by atoms with E-state index in [2.05, 4.69) is 20.7 Å². The van der Waals surface area contributed by atoms with Crippen LogP contribution in [0.3, 0.4) is 0 Å². The minimum atomic E-state index is -3.82. The molecule has 6 heteroatoms. The van der Waals surface area contributed by atoms with Crippen LogP contribution in [0.1, 0.15) is 25.3 Å². The number of hydrogen-bond donors (Lipinski definition) is 1. The molecule has 0 atom stereocenters. The first-order chi connectivity index (χ1) is 9.81. The van der Waals surface area contributed by atoms with Crippen molar-refractivity contribution in [1.82, 2.24) is 0 Å². The van der Waals surface area contributed by atoms with Gasteiger partial charge in [-0.15, -0.1) is 0 Å². The number of halogens is 2. The molecule has 0 aromatic heterocycles. The van der Waals surface area contributed by atoms with Crippen molar-refractivity contribution in [2.24, 2.45) is 0 Å². The SMILES string of the molecule is CC(C)c1ccc(S(=O)(=O)Nc2c(F)cccc2Br)cc1. The van der Waals surface area contributed by atoms with E-state index in [1.165, 1.54) is 24.3 Å². The lowest BCUT2D eigenvalue weighted by atomic mass is 10.0. The average molecular weight is 372 g/mol. The van der Waals surface area contributed by atoms with Crippen LogP contribution in [-0.4, -0.2) is 8.42 Å². The standard InChI is InChI=1S/C15H15BrFNO2S/c1-10(2)11-6-8-12(9-7-11)21(19,20)18-15-13(16)4-3-5-14(15)17/h3-10,18H,1-2H3. The quantitative estimate of drug-likeness (QED) is 0.858. The third kappa shape index (κ3) is 3.63. The zero-order valence-corrected chi connectivity index (χ0v) is 14.0. The second-order valence-electron chi connectivity index (χ2n) is 4.93. The molecule has 0 aliphatic rings. The molecule has 0 bridgehead atoms. The molecule has 0 amide bonds. The van der Waals surface area contributed by atoms with Crippen LogP contribution in [0.15, 0.2) is 51.8 Å². The fourth-order valence-corrected chi connectivity index (χ4v) is 3.48. The highest BCUT2D eigenvalue weighted by atomic mass is 79.9. The first kappa shape index (κ1) is 16.0. The first-order valence-corrected chi connectivity index (χ1v) is 8.65. The van der Waals surface area contributed by atoms with E-state index in [-0.39, 0.29) is 10.6 Å². The molecule has 0 aliphatic heterocycles. The van der Waals surface area contributed by atoms with Gasteiger partial charge in [0, 0.05) is 4.47 Å². The van der Waals surface area contributed by atoms with E-state index in [0.29, 0.717) is 10.4 Å². The third-order valence-electron chi connectivity index (χ3n) is 3.06. The van der Waals surface area contributed by atoms with E-state index >= 15 is 0 Å². The summed E-state index contributed by atoms with van der Waals surface area (Å²) in [4.78, 5) is 0.0991. The van der Waals surface area contributed by atoms with Gasteiger partial charge in [-0.25, -0.2) is 12.8 Å². The molecule has 3 nitrogen and oxygen atoms in total. The molecule has 2 aromatic carbocycles. The van der Waals surface area contributed by atoms with Crippen molar-refractivity contribution in [1.29, 1.82) is 0 Å². The Kier molecular flexibility index (Phi) is 4.68. The maximum absolute atomic E-state index is 13.7. The Labute approximate surface area is 132 Å². The van der Waals surface area contributed by atoms with Crippen LogP contribution in [0.2, 0.25) is 0 Å². The number of benzene rings is 2. The van der Waals surface area contributed by atoms with Crippen molar-refractivity contribution in [3.05, 3.63) is 58.3 Å². The van der Waals surface area contributed by atoms with Crippen molar-refractivity contribution in [3.63, 3.8) is 0 Å². The van der Waals surface area contributed by atoms with Gasteiger partial charge in [-0.2, -0.15) is 0 Å². The van der Waals surface area contributed by atoms with Crippen molar-refractivity contribution in [2.45, 2.75) is 24.7 Å². The lowest BCUT2D eigenvalue weighted by Gasteiger charge is -2.11. The summed E-state index contributed by atoms with van der Waals surface area (Å²) in [5, 5.41) is 0. The molecule has 0 aliphatic carbocycles. The fourth-order valence-electron chi connectivity index (χ4n) is 1.82. The number of hydrogen-bond acceptors (Lipinski definition) is 2. The van der Waals surface area contributed by atoms with Crippen LogP contribution < -0.4 is 4.72 Å². The van der Waals surface area contributed by atoms with E-state index in [9.17, 15) is 12.8 Å². The Balaban J connectivity index is 2.34. The summed E-state index contributed by atoms with van der Waals surface area (Å²) in [5.74, 6) is -0.317. The molecule has 1 N–H and O–H groups in total. The van der Waals surface area contributed by atoms with E-state index in [1.807, 2.05) is 13.8 Å². The van der Waals surface area contributed by atoms with Crippen LogP contribution in [0.25, 0.3) is 0 Å². The molecule has 2 aromatic rings. The topological polar surface area (TPSA) is 46.2 Å². The minimum absolute atomic E-state index is 0.0922. The normalized spacial score (nSPS) is 11.7. The summed E-state index contributed by atoms with van der Waals surface area (Å²) in [6.45, 7) is 4.05. The maximum atomic E-state index is 13.7. The zero-order chi connectivity index (χ0) is 15.6. The highest BCUT2D eigenvalue weighted by Gasteiger charge is 2.18. The van der Waals surface area contributed by atoms with Crippen molar-refractivity contribution >= 4 is 31.6 Å². The molecule has 0 saturated heterocycles. The summed E-state index contributed by atoms with van der Waals surface area (Å²) in [6, 6.07) is 10.8. The molecule has 0 saturated carbocycles. The molecule has 0 heterocycles. The van der Waals surface area contributed by atoms with E-state index in [0.717, 1.165) is 5.56 Å². The molecular weight excluding hydrogens is 357 g/mol. The zero-order valence-electron chi connectivity index (χ0n) is 11.6. The molecule has 0 spiro atoms. The molecule has 0 unspecified atom stereocenters. The van der Waals surface area contributed by atoms with Crippen LogP contribution in [0, 0.1) is 5.82 Å². The first-order valence-electron chi connectivity index (χ1n) is 6.38. The lowest BCUT2D eigenvalue weighted by molar-refractivity contribution is 0.598. The Bertz CT molecular complexity index is 723. The van der Waals surface area contributed by atoms with Gasteiger partial charge in [-0.05, 0) is 51.7 Å². The van der Waals surface area contributed by atoms with Gasteiger partial charge in [0.05, 0.1) is 10.6 Å². The third-order valence-corrected chi connectivity index (χ3v) is 5.08. The number of nitrogens with one attached hydrogen (secondary N) is 1. The Morgan fingerprint density at radius 2 is 1.71 bits per heavy atom. The molecular formula is C15H15BrFNO2S. The summed E-state index contributed by atoms with van der Waals surface area (Å²) in [6.07, 6.45) is 0. The van der Waals surface area contributed by atoms with E-state index in [4.69, 9.17) is 0 Å². The summed E-state index contributed by atoms with van der Waals surface area (Å²) in [7, 11) is -3.82. The summed E-state index contributed by atoms with van der Waals surface area (Å²) < 4.78 is 40.9. The van der Waals surface area contributed by atoms with Gasteiger partial charge in [0.15, 0.2) is 0 Å². The van der Waals surface area contributed by atoms with Gasteiger partial charge in [0.25, 0.3) is 10.0 Å². The highest BCUT2D eigenvalue weighted by Crippen LogP contribution is 2.28. The number of sulfonamides is 1. The highest BCUT2D eigenvalue weighted by molar-refractivity contribution is 9.10. The van der Waals surface area contributed by atoms with Gasteiger partial charge in [0.2, 0.25) is 0 Å². The van der Waals surface area contributed by atoms with Crippen molar-refractivity contribution in [3.8, 4) is 0 Å². The van der Waals surface area contributed by atoms with Crippen molar-refractivity contribution in [2.75, 3.05) is 4.72 Å². The van der Waals surface area contributed by atoms with Gasteiger partial charge < -0.3 is 0 Å². The Hall–Kier alpha value is -1.40. The van der Waals surface area contributed by atoms with Gasteiger partial charge in [-0.3, -0.25) is 4.72 Å². The minimum Gasteiger partial charge on any atom is -0.275 e. The molecule has 2 rings (SSSR count). The predicted octanol–water partition coefficient (Wildman–Crippen LogP) is 4.51. The molecule has 0 fully saturated rings.